The van der Waals surface area contributed by atoms with E-state index in [0.717, 1.165) is 50.0 Å². The first-order valence-electron chi connectivity index (χ1n) is 11.0. The van der Waals surface area contributed by atoms with E-state index < -0.39 is 0 Å². The Morgan fingerprint density at radius 3 is 2.14 bits per heavy atom. The van der Waals surface area contributed by atoms with Gasteiger partial charge >= 0.3 is 0 Å². The fourth-order valence-corrected chi connectivity index (χ4v) is 4.07. The molecular weight excluding hydrogens is 366 g/mol. The standard InChI is InChI=1S/C17H25N3OS.3C2H6/c1-3-12-13-4-5-15(21)14(16(13)19-17(12)22-2)10-20-8-6-11(18)7-9-20;3*1-2/h4-5,11,19,21H,3,6-10,18H2,1-2H3;3*1-2H3. The molecule has 1 aromatic heterocycles. The van der Waals surface area contributed by atoms with Crippen molar-refractivity contribution in [1.82, 2.24) is 9.88 Å². The number of fused-ring (bicyclic) bond motifs is 1. The van der Waals surface area contributed by atoms with Crippen molar-refractivity contribution in [3.63, 3.8) is 0 Å². The Kier molecular flexibility index (Phi) is 14.2. The number of rotatable bonds is 4. The first-order valence-corrected chi connectivity index (χ1v) is 12.2. The molecule has 2 heterocycles. The van der Waals surface area contributed by atoms with Crippen LogP contribution < -0.4 is 5.73 Å². The maximum absolute atomic E-state index is 10.4. The Balaban J connectivity index is 0.00000111. The minimum Gasteiger partial charge on any atom is -0.508 e. The molecule has 1 aliphatic heterocycles. The van der Waals surface area contributed by atoms with Crippen molar-refractivity contribution in [2.45, 2.75) is 85.3 Å². The molecule has 0 amide bonds. The molecule has 162 valence electrons. The molecule has 1 aliphatic rings. The maximum atomic E-state index is 10.4. The van der Waals surface area contributed by atoms with Crippen LogP contribution in [0.25, 0.3) is 10.9 Å². The number of nitrogens with zero attached hydrogens (tertiary/aromatic N) is 1. The van der Waals surface area contributed by atoms with Gasteiger partial charge in [0.1, 0.15) is 5.75 Å². The quantitative estimate of drug-likeness (QED) is 0.529. The van der Waals surface area contributed by atoms with Crippen LogP contribution in [0.4, 0.5) is 0 Å². The van der Waals surface area contributed by atoms with Gasteiger partial charge in [-0.1, -0.05) is 48.5 Å². The molecular formula is C23H43N3OS. The van der Waals surface area contributed by atoms with Crippen molar-refractivity contribution in [2.24, 2.45) is 5.73 Å². The molecule has 3 rings (SSSR count). The number of hydrogen-bond donors (Lipinski definition) is 3. The Hall–Kier alpha value is -1.17. The average Bonchev–Trinajstić information content (AvgIpc) is 3.14. The van der Waals surface area contributed by atoms with Gasteiger partial charge in [0.25, 0.3) is 0 Å². The molecule has 0 atom stereocenters. The summed E-state index contributed by atoms with van der Waals surface area (Å²) < 4.78 is 0. The van der Waals surface area contributed by atoms with Gasteiger partial charge in [0.05, 0.1) is 10.5 Å². The summed E-state index contributed by atoms with van der Waals surface area (Å²) in [7, 11) is 0. The van der Waals surface area contributed by atoms with Gasteiger partial charge in [0.2, 0.25) is 0 Å². The molecule has 0 unspecified atom stereocenters. The Morgan fingerprint density at radius 1 is 1.07 bits per heavy atom. The largest absolute Gasteiger partial charge is 0.508 e. The summed E-state index contributed by atoms with van der Waals surface area (Å²) in [5, 5.41) is 12.8. The number of aryl methyl sites for hydroxylation is 1. The number of likely N-dealkylation sites (tertiary alicyclic amines) is 1. The summed E-state index contributed by atoms with van der Waals surface area (Å²) in [5.74, 6) is 0.388. The van der Waals surface area contributed by atoms with Gasteiger partial charge in [-0.25, -0.2) is 0 Å². The summed E-state index contributed by atoms with van der Waals surface area (Å²) >= 11 is 1.74. The van der Waals surface area contributed by atoms with Crippen molar-refractivity contribution in [1.29, 1.82) is 0 Å². The number of aromatic nitrogens is 1. The third kappa shape index (κ3) is 6.71. The second kappa shape index (κ2) is 14.8. The lowest BCUT2D eigenvalue weighted by Gasteiger charge is -2.30. The molecule has 0 aliphatic carbocycles. The lowest BCUT2D eigenvalue weighted by atomic mass is 10.0. The van der Waals surface area contributed by atoms with Crippen molar-refractivity contribution in [3.05, 3.63) is 23.3 Å². The van der Waals surface area contributed by atoms with Crippen LogP contribution in [0.5, 0.6) is 5.75 Å². The smallest absolute Gasteiger partial charge is 0.122 e. The van der Waals surface area contributed by atoms with E-state index >= 15 is 0 Å². The molecule has 0 radical (unpaired) electrons. The molecule has 5 heteroatoms. The topological polar surface area (TPSA) is 65.3 Å². The Bertz CT molecular complexity index is 661. The van der Waals surface area contributed by atoms with E-state index in [1.54, 1.807) is 11.8 Å². The first-order chi connectivity index (χ1) is 13.6. The summed E-state index contributed by atoms with van der Waals surface area (Å²) in [6.45, 7) is 17.0. The van der Waals surface area contributed by atoms with Crippen molar-refractivity contribution >= 4 is 22.7 Å². The molecule has 0 spiro atoms. The van der Waals surface area contributed by atoms with Crippen molar-refractivity contribution in [2.75, 3.05) is 19.3 Å². The average molecular weight is 410 g/mol. The molecule has 4 N–H and O–H groups in total. The summed E-state index contributed by atoms with van der Waals surface area (Å²) in [5.41, 5.74) is 9.45. The van der Waals surface area contributed by atoms with Crippen LogP contribution in [0.2, 0.25) is 0 Å². The third-order valence-corrected chi connectivity index (χ3v) is 5.45. The molecule has 2 aromatic rings. The summed E-state index contributed by atoms with van der Waals surface area (Å²) in [6, 6.07) is 4.21. The van der Waals surface area contributed by atoms with Crippen LogP contribution >= 0.6 is 11.8 Å². The van der Waals surface area contributed by atoms with Gasteiger partial charge in [-0.15, -0.1) is 11.8 Å². The van der Waals surface area contributed by atoms with Gasteiger partial charge < -0.3 is 15.8 Å². The number of hydrogen-bond acceptors (Lipinski definition) is 4. The molecule has 1 fully saturated rings. The highest BCUT2D eigenvalue weighted by atomic mass is 32.2. The van der Waals surface area contributed by atoms with E-state index in [1.807, 2.05) is 53.7 Å². The van der Waals surface area contributed by atoms with Gasteiger partial charge in [0, 0.05) is 23.5 Å². The second-order valence-electron chi connectivity index (χ2n) is 6.09. The van der Waals surface area contributed by atoms with Crippen LogP contribution in [0.3, 0.4) is 0 Å². The highest BCUT2D eigenvalue weighted by Crippen LogP contribution is 2.35. The number of aromatic amines is 1. The number of piperidine rings is 1. The second-order valence-corrected chi connectivity index (χ2v) is 6.91. The van der Waals surface area contributed by atoms with E-state index in [2.05, 4.69) is 23.1 Å². The fourth-order valence-electron chi connectivity index (χ4n) is 3.36. The summed E-state index contributed by atoms with van der Waals surface area (Å²) in [6.07, 6.45) is 5.17. The van der Waals surface area contributed by atoms with Crippen LogP contribution in [0.15, 0.2) is 17.2 Å². The number of thioether (sulfide) groups is 1. The van der Waals surface area contributed by atoms with Crippen LogP contribution in [-0.2, 0) is 13.0 Å². The van der Waals surface area contributed by atoms with Gasteiger partial charge in [0.15, 0.2) is 0 Å². The number of H-pyrrole nitrogens is 1. The highest BCUT2D eigenvalue weighted by molar-refractivity contribution is 7.98. The van der Waals surface area contributed by atoms with E-state index in [-0.39, 0.29) is 0 Å². The molecule has 0 bridgehead atoms. The molecule has 4 nitrogen and oxygen atoms in total. The van der Waals surface area contributed by atoms with E-state index in [9.17, 15) is 5.11 Å². The van der Waals surface area contributed by atoms with Crippen molar-refractivity contribution < 1.29 is 5.11 Å². The zero-order valence-corrected chi connectivity index (χ0v) is 20.2. The van der Waals surface area contributed by atoms with Crippen LogP contribution in [0, 0.1) is 0 Å². The molecule has 28 heavy (non-hydrogen) atoms. The van der Waals surface area contributed by atoms with E-state index in [4.69, 9.17) is 5.73 Å². The Labute approximate surface area is 177 Å². The van der Waals surface area contributed by atoms with E-state index in [1.165, 1.54) is 16.0 Å². The molecule has 1 saturated heterocycles. The van der Waals surface area contributed by atoms with Crippen LogP contribution in [0.1, 0.15) is 72.4 Å². The predicted octanol–water partition coefficient (Wildman–Crippen LogP) is 6.16. The van der Waals surface area contributed by atoms with Gasteiger partial charge in [-0.2, -0.15) is 0 Å². The summed E-state index contributed by atoms with van der Waals surface area (Å²) in [4.78, 5) is 5.92. The van der Waals surface area contributed by atoms with Gasteiger partial charge in [-0.05, 0) is 56.3 Å². The maximum Gasteiger partial charge on any atom is 0.122 e. The molecule has 1 aromatic carbocycles. The third-order valence-electron chi connectivity index (χ3n) is 4.70. The number of nitrogens with one attached hydrogen (secondary N) is 1. The highest BCUT2D eigenvalue weighted by Gasteiger charge is 2.20. The predicted molar refractivity (Wildman–Crippen MR) is 128 cm³/mol. The first kappa shape index (κ1) is 26.8. The zero-order chi connectivity index (χ0) is 21.7. The SMILES string of the molecule is CC.CC.CC.CCc1c(SC)[nH]c2c(CN3CCC(N)CC3)c(O)ccc12. The number of benzene rings is 1. The number of phenols is 1. The lowest BCUT2D eigenvalue weighted by Crippen LogP contribution is -2.39. The van der Waals surface area contributed by atoms with Gasteiger partial charge in [-0.3, -0.25) is 4.90 Å². The minimum atomic E-state index is 0.334. The normalized spacial score (nSPS) is 14.3. The Morgan fingerprint density at radius 2 is 1.64 bits per heavy atom. The lowest BCUT2D eigenvalue weighted by molar-refractivity contribution is 0.204. The number of nitrogens with two attached hydrogens (primary N) is 1. The fraction of sp³-hybridized carbons (Fsp3) is 0.652. The van der Waals surface area contributed by atoms with Crippen molar-refractivity contribution in [3.8, 4) is 5.75 Å². The van der Waals surface area contributed by atoms with E-state index in [0.29, 0.717) is 11.8 Å². The number of phenolic OH excluding ortho intramolecular Hbond substituents is 1. The zero-order valence-electron chi connectivity index (χ0n) is 19.4. The minimum absolute atomic E-state index is 0.334. The number of aromatic hydroxyl groups is 1. The monoisotopic (exact) mass is 409 g/mol. The van der Waals surface area contributed by atoms with Crippen LogP contribution in [-0.4, -0.2) is 40.4 Å². The molecule has 0 saturated carbocycles.